The SMILES string of the molecule is O=C(OC1C(CO)OC(OC2C(CO)OC(Oc3cccc4c(=O)c5cccc(OC6OC(CO)C(O)C(O)C6OC(=O)c6ccc(O)cc6)c5oc34)C(O)C2O)C(O)C1O)c1ccc(O)cc1. The highest BCUT2D eigenvalue weighted by Crippen LogP contribution is 2.37. The molecule has 15 unspecified atom stereocenters. The normalized spacial score (nSPS) is 31.8. The molecule has 3 aliphatic rings. The molecule has 0 bridgehead atoms. The van der Waals surface area contributed by atoms with Crippen LogP contribution in [0.1, 0.15) is 20.7 Å². The number of hydrogen-bond acceptors (Lipinski definition) is 23. The number of aliphatic hydroxyl groups is 9. The number of carbonyl (C=O) groups is 2. The molecule has 23 nitrogen and oxygen atoms in total. The van der Waals surface area contributed by atoms with Gasteiger partial charge in [-0.3, -0.25) is 4.79 Å². The summed E-state index contributed by atoms with van der Waals surface area (Å²) in [6.07, 6.45) is -26.5. The molecule has 11 N–H and O–H groups in total. The van der Waals surface area contributed by atoms with E-state index < -0.39 is 129 Å². The molecule has 4 heterocycles. The zero-order valence-electron chi connectivity index (χ0n) is 35.2. The van der Waals surface area contributed by atoms with Crippen molar-refractivity contribution < 1.29 is 108 Å². The van der Waals surface area contributed by atoms with E-state index in [1.807, 2.05) is 0 Å². The smallest absolute Gasteiger partial charge is 0.338 e. The van der Waals surface area contributed by atoms with E-state index in [0.717, 1.165) is 0 Å². The van der Waals surface area contributed by atoms with Gasteiger partial charge in [-0.05, 0) is 72.8 Å². The Hall–Kier alpha value is -6.03. The summed E-state index contributed by atoms with van der Waals surface area (Å²) in [5.41, 5.74) is -1.21. The number of phenols is 2. The van der Waals surface area contributed by atoms with Crippen molar-refractivity contribution in [2.75, 3.05) is 19.8 Å². The van der Waals surface area contributed by atoms with Crippen molar-refractivity contribution in [2.45, 2.75) is 92.1 Å². The monoisotopic (exact) mass is 954 g/mol. The molecule has 5 aromatic rings. The van der Waals surface area contributed by atoms with Gasteiger partial charge in [0.2, 0.25) is 18.0 Å². The lowest BCUT2D eigenvalue weighted by atomic mass is 9.96. The third-order valence-electron chi connectivity index (χ3n) is 11.6. The molecule has 0 saturated carbocycles. The fraction of sp³-hybridized carbons (Fsp3) is 0.400. The third-order valence-corrected chi connectivity index (χ3v) is 11.6. The molecule has 3 aliphatic heterocycles. The average molecular weight is 955 g/mol. The maximum absolute atomic E-state index is 14.0. The second-order valence-corrected chi connectivity index (χ2v) is 16.0. The summed E-state index contributed by atoms with van der Waals surface area (Å²) >= 11 is 0. The number of hydrogen-bond donors (Lipinski definition) is 11. The van der Waals surface area contributed by atoms with E-state index in [1.165, 1.54) is 84.9 Å². The van der Waals surface area contributed by atoms with Gasteiger partial charge >= 0.3 is 11.9 Å². The van der Waals surface area contributed by atoms with Crippen LogP contribution in [0.3, 0.4) is 0 Å². The van der Waals surface area contributed by atoms with Crippen molar-refractivity contribution >= 4 is 33.9 Å². The Bertz CT molecular complexity index is 2620. The minimum absolute atomic E-state index is 0.0365. The first kappa shape index (κ1) is 48.4. The Morgan fingerprint density at radius 2 is 0.912 bits per heavy atom. The second kappa shape index (κ2) is 20.3. The molecular weight excluding hydrogens is 908 g/mol. The minimum Gasteiger partial charge on any atom is -0.508 e. The number of fused-ring (bicyclic) bond motifs is 2. The van der Waals surface area contributed by atoms with E-state index in [-0.39, 0.29) is 56.1 Å². The highest BCUT2D eigenvalue weighted by molar-refractivity contribution is 5.94. The Labute approximate surface area is 382 Å². The zero-order chi connectivity index (χ0) is 48.6. The number of aromatic hydroxyl groups is 2. The average Bonchev–Trinajstić information content (AvgIpc) is 3.34. The summed E-state index contributed by atoms with van der Waals surface area (Å²) in [5.74, 6) is -2.74. The van der Waals surface area contributed by atoms with Crippen molar-refractivity contribution in [1.82, 2.24) is 0 Å². The predicted octanol–water partition coefficient (Wildman–Crippen LogP) is -1.73. The van der Waals surface area contributed by atoms with Crippen LogP contribution in [0.4, 0.5) is 0 Å². The minimum atomic E-state index is -2.01. The second-order valence-electron chi connectivity index (χ2n) is 16.0. The van der Waals surface area contributed by atoms with Gasteiger partial charge in [0, 0.05) is 0 Å². The van der Waals surface area contributed by atoms with Crippen molar-refractivity contribution in [3.8, 4) is 23.0 Å². The molecule has 68 heavy (non-hydrogen) atoms. The lowest BCUT2D eigenvalue weighted by Gasteiger charge is -2.46. The van der Waals surface area contributed by atoms with Crippen LogP contribution >= 0.6 is 0 Å². The molecule has 4 aromatic carbocycles. The van der Waals surface area contributed by atoms with E-state index >= 15 is 0 Å². The summed E-state index contributed by atoms with van der Waals surface area (Å²) in [6, 6.07) is 18.1. The number of para-hydroxylation sites is 2. The van der Waals surface area contributed by atoms with Gasteiger partial charge in [0.25, 0.3) is 0 Å². The molecule has 0 amide bonds. The molecular formula is C45H46O23. The maximum atomic E-state index is 14.0. The first-order valence-electron chi connectivity index (χ1n) is 21.0. The molecule has 1 aromatic heterocycles. The van der Waals surface area contributed by atoms with Crippen molar-refractivity contribution in [1.29, 1.82) is 0 Å². The first-order chi connectivity index (χ1) is 32.6. The summed E-state index contributed by atoms with van der Waals surface area (Å²) in [6.45, 7) is -2.56. The number of benzene rings is 4. The van der Waals surface area contributed by atoms with Crippen molar-refractivity contribution in [3.05, 3.63) is 106 Å². The number of phenolic OH excluding ortho intramolecular Hbond substituents is 2. The van der Waals surface area contributed by atoms with Crippen LogP contribution in [-0.2, 0) is 28.4 Å². The van der Waals surface area contributed by atoms with Gasteiger partial charge in [-0.25, -0.2) is 9.59 Å². The van der Waals surface area contributed by atoms with Gasteiger partial charge in [-0.2, -0.15) is 0 Å². The molecule has 0 radical (unpaired) electrons. The number of carbonyl (C=O) groups excluding carboxylic acids is 2. The highest BCUT2D eigenvalue weighted by Gasteiger charge is 2.53. The van der Waals surface area contributed by atoms with Gasteiger partial charge in [-0.1, -0.05) is 12.1 Å². The lowest BCUT2D eigenvalue weighted by Crippen LogP contribution is -2.65. The van der Waals surface area contributed by atoms with Crippen LogP contribution in [0.25, 0.3) is 21.9 Å². The summed E-state index contributed by atoms with van der Waals surface area (Å²) in [4.78, 5) is 39.9. The number of aliphatic hydroxyl groups excluding tert-OH is 9. The molecule has 0 spiro atoms. The fourth-order valence-electron chi connectivity index (χ4n) is 7.92. The van der Waals surface area contributed by atoms with Gasteiger partial charge in [0.15, 0.2) is 41.2 Å². The van der Waals surface area contributed by atoms with Gasteiger partial charge in [0.1, 0.15) is 72.5 Å². The van der Waals surface area contributed by atoms with E-state index in [2.05, 4.69) is 0 Å². The van der Waals surface area contributed by atoms with Crippen LogP contribution in [0, 0.1) is 0 Å². The molecule has 23 heteroatoms. The van der Waals surface area contributed by atoms with Gasteiger partial charge in [0.05, 0.1) is 41.7 Å². The van der Waals surface area contributed by atoms with Crippen molar-refractivity contribution in [2.24, 2.45) is 0 Å². The third kappa shape index (κ3) is 9.52. The summed E-state index contributed by atoms with van der Waals surface area (Å²) in [7, 11) is 0. The number of ether oxygens (including phenoxy) is 8. The Morgan fingerprint density at radius 1 is 0.485 bits per heavy atom. The molecule has 364 valence electrons. The van der Waals surface area contributed by atoms with E-state index in [1.54, 1.807) is 0 Å². The van der Waals surface area contributed by atoms with Crippen LogP contribution in [0.2, 0.25) is 0 Å². The molecule has 0 aliphatic carbocycles. The van der Waals surface area contributed by atoms with Gasteiger partial charge < -0.3 is 98.5 Å². The maximum Gasteiger partial charge on any atom is 0.338 e. The first-order valence-corrected chi connectivity index (χ1v) is 21.0. The highest BCUT2D eigenvalue weighted by atomic mass is 16.8. The molecule has 3 fully saturated rings. The fourth-order valence-corrected chi connectivity index (χ4v) is 7.92. The molecule has 3 saturated heterocycles. The topological polar surface area (TPSA) is 361 Å². The van der Waals surface area contributed by atoms with Crippen molar-refractivity contribution in [3.63, 3.8) is 0 Å². The number of rotatable bonds is 13. The van der Waals surface area contributed by atoms with Crippen LogP contribution in [0.15, 0.2) is 94.1 Å². The van der Waals surface area contributed by atoms with E-state index in [0.29, 0.717) is 0 Å². The molecule has 15 atom stereocenters. The van der Waals surface area contributed by atoms with Gasteiger partial charge in [-0.15, -0.1) is 0 Å². The molecule has 8 rings (SSSR count). The number of esters is 2. The Morgan fingerprint density at radius 3 is 1.44 bits per heavy atom. The zero-order valence-corrected chi connectivity index (χ0v) is 35.2. The van der Waals surface area contributed by atoms with E-state index in [9.17, 15) is 70.6 Å². The van der Waals surface area contributed by atoms with Crippen LogP contribution < -0.4 is 14.9 Å². The summed E-state index contributed by atoms with van der Waals surface area (Å²) in [5, 5.41) is 116. The quantitative estimate of drug-likeness (QED) is 0.0461. The largest absolute Gasteiger partial charge is 0.508 e. The Kier molecular flexibility index (Phi) is 14.4. The lowest BCUT2D eigenvalue weighted by molar-refractivity contribution is -0.352. The standard InChI is InChI=1S/C45H46O23/c46-15-26-30(52)31(53)40(67-42(59)19-9-13-21(50)14-10-19)45(62-26)61-25-6-2-4-23-29(51)22-3-1-5-24(36(22)65-37(23)25)60-43-34(56)33(55)39(28(17-48)63-43)68-44-35(57)32(54)38(27(16-47)64-44)66-41(58)18-7-11-20(49)12-8-18/h1-14,26-28,30-35,38-40,43-50,52-57H,15-17H2. The summed E-state index contributed by atoms with van der Waals surface area (Å²) < 4.78 is 52.0. The predicted molar refractivity (Wildman–Crippen MR) is 224 cm³/mol. The Balaban J connectivity index is 1.02. The van der Waals surface area contributed by atoms with Crippen LogP contribution in [-0.4, -0.2) is 180 Å². The van der Waals surface area contributed by atoms with Crippen LogP contribution in [0.5, 0.6) is 23.0 Å². The van der Waals surface area contributed by atoms with E-state index in [4.69, 9.17) is 42.3 Å².